The Morgan fingerprint density at radius 2 is 1.75 bits per heavy atom. The summed E-state index contributed by atoms with van der Waals surface area (Å²) < 4.78 is 0. The van der Waals surface area contributed by atoms with Crippen molar-refractivity contribution in [2.75, 3.05) is 31.3 Å². The van der Waals surface area contributed by atoms with Gasteiger partial charge in [0.25, 0.3) is 0 Å². The summed E-state index contributed by atoms with van der Waals surface area (Å²) in [6.07, 6.45) is 6.35. The molecule has 0 aliphatic heterocycles. The van der Waals surface area contributed by atoms with Gasteiger partial charge in [0, 0.05) is 24.5 Å². The van der Waals surface area contributed by atoms with Gasteiger partial charge < -0.3 is 10.6 Å². The Labute approximate surface area is 121 Å². The monoisotopic (exact) mass is 275 g/mol. The van der Waals surface area contributed by atoms with Gasteiger partial charge in [-0.05, 0) is 44.2 Å². The van der Waals surface area contributed by atoms with E-state index in [0.29, 0.717) is 18.3 Å². The Morgan fingerprint density at radius 3 is 2.35 bits per heavy atom. The molecule has 1 aliphatic carbocycles. The number of nitrogen functional groups attached to an aromatic ring is 1. The molecule has 4 nitrogen and oxygen atoms in total. The Kier molecular flexibility index (Phi) is 5.01. The summed E-state index contributed by atoms with van der Waals surface area (Å²) in [5.74, 6) is 0.128. The van der Waals surface area contributed by atoms with Gasteiger partial charge in [-0.3, -0.25) is 9.69 Å². The topological polar surface area (TPSA) is 49.6 Å². The van der Waals surface area contributed by atoms with Crippen molar-refractivity contribution >= 4 is 17.3 Å². The summed E-state index contributed by atoms with van der Waals surface area (Å²) in [6.45, 7) is 0.478. The highest BCUT2D eigenvalue weighted by Crippen LogP contribution is 2.22. The maximum Gasteiger partial charge on any atom is 0.240 e. The summed E-state index contributed by atoms with van der Waals surface area (Å²) in [4.78, 5) is 16.2. The first-order valence-corrected chi connectivity index (χ1v) is 7.40. The molecule has 0 bridgehead atoms. The van der Waals surface area contributed by atoms with E-state index in [-0.39, 0.29) is 5.91 Å². The van der Waals surface area contributed by atoms with E-state index in [9.17, 15) is 4.79 Å². The van der Waals surface area contributed by atoms with Crippen molar-refractivity contribution < 1.29 is 4.79 Å². The number of nitrogens with zero attached hydrogens (tertiary/aromatic N) is 2. The van der Waals surface area contributed by atoms with Crippen molar-refractivity contribution in [2.24, 2.45) is 0 Å². The number of carbonyl (C=O) groups is 1. The minimum Gasteiger partial charge on any atom is -0.399 e. The number of benzene rings is 1. The van der Waals surface area contributed by atoms with Crippen LogP contribution in [0.15, 0.2) is 24.3 Å². The van der Waals surface area contributed by atoms with Crippen molar-refractivity contribution in [3.8, 4) is 0 Å². The van der Waals surface area contributed by atoms with Gasteiger partial charge in [0.1, 0.15) is 0 Å². The van der Waals surface area contributed by atoms with Crippen molar-refractivity contribution in [3.05, 3.63) is 24.3 Å². The maximum atomic E-state index is 12.3. The fourth-order valence-electron chi connectivity index (χ4n) is 2.81. The van der Waals surface area contributed by atoms with Crippen LogP contribution in [0.4, 0.5) is 11.4 Å². The lowest BCUT2D eigenvalue weighted by Crippen LogP contribution is -2.42. The van der Waals surface area contributed by atoms with E-state index in [1.165, 1.54) is 32.1 Å². The van der Waals surface area contributed by atoms with E-state index in [0.717, 1.165) is 5.69 Å². The number of anilines is 2. The predicted molar refractivity (Wildman–Crippen MR) is 83.8 cm³/mol. The first kappa shape index (κ1) is 14.9. The van der Waals surface area contributed by atoms with Gasteiger partial charge in [-0.25, -0.2) is 0 Å². The van der Waals surface area contributed by atoms with Crippen LogP contribution >= 0.6 is 0 Å². The number of hydrogen-bond acceptors (Lipinski definition) is 3. The Bertz CT molecular complexity index is 438. The average molecular weight is 275 g/mol. The number of nitrogens with two attached hydrogens (primary N) is 1. The number of hydrogen-bond donors (Lipinski definition) is 1. The van der Waals surface area contributed by atoms with Crippen LogP contribution in [0.25, 0.3) is 0 Å². The van der Waals surface area contributed by atoms with Crippen LogP contribution in [-0.2, 0) is 4.79 Å². The van der Waals surface area contributed by atoms with Crippen LogP contribution in [0.2, 0.25) is 0 Å². The van der Waals surface area contributed by atoms with Crippen molar-refractivity contribution in [1.82, 2.24) is 4.90 Å². The summed E-state index contributed by atoms with van der Waals surface area (Å²) in [7, 11) is 3.88. The zero-order valence-electron chi connectivity index (χ0n) is 12.5. The van der Waals surface area contributed by atoms with Gasteiger partial charge >= 0.3 is 0 Å². The average Bonchev–Trinajstić information content (AvgIpc) is 2.48. The second kappa shape index (κ2) is 6.75. The molecule has 0 unspecified atom stereocenters. The Hall–Kier alpha value is -1.55. The Balaban J connectivity index is 1.91. The van der Waals surface area contributed by atoms with Crippen LogP contribution in [-0.4, -0.2) is 37.5 Å². The van der Waals surface area contributed by atoms with E-state index in [4.69, 9.17) is 5.73 Å². The summed E-state index contributed by atoms with van der Waals surface area (Å²) in [5, 5.41) is 0. The minimum absolute atomic E-state index is 0.128. The molecular formula is C16H25N3O. The molecule has 20 heavy (non-hydrogen) atoms. The highest BCUT2D eigenvalue weighted by molar-refractivity contribution is 5.94. The third kappa shape index (κ3) is 3.73. The van der Waals surface area contributed by atoms with Gasteiger partial charge in [0.15, 0.2) is 0 Å². The highest BCUT2D eigenvalue weighted by atomic mass is 16.2. The van der Waals surface area contributed by atoms with Crippen LogP contribution in [0.3, 0.4) is 0 Å². The Morgan fingerprint density at radius 1 is 1.15 bits per heavy atom. The zero-order chi connectivity index (χ0) is 14.5. The molecule has 0 radical (unpaired) electrons. The van der Waals surface area contributed by atoms with Gasteiger partial charge in [-0.2, -0.15) is 0 Å². The highest BCUT2D eigenvalue weighted by Gasteiger charge is 2.21. The number of likely N-dealkylation sites (N-methyl/N-ethyl adjacent to an activating group) is 2. The minimum atomic E-state index is 0.128. The van der Waals surface area contributed by atoms with E-state index >= 15 is 0 Å². The second-order valence-electron chi connectivity index (χ2n) is 5.75. The third-order valence-corrected chi connectivity index (χ3v) is 4.24. The molecule has 2 rings (SSSR count). The largest absolute Gasteiger partial charge is 0.399 e. The molecule has 1 aliphatic rings. The molecule has 0 aromatic heterocycles. The van der Waals surface area contributed by atoms with Crippen molar-refractivity contribution in [1.29, 1.82) is 0 Å². The SMILES string of the molecule is CN(C(=O)CN(C)C1CCCCC1)c1ccc(N)cc1. The molecule has 0 heterocycles. The lowest BCUT2D eigenvalue weighted by Gasteiger charge is -2.31. The van der Waals surface area contributed by atoms with Crippen LogP contribution in [0.1, 0.15) is 32.1 Å². The molecule has 1 saturated carbocycles. The van der Waals surface area contributed by atoms with Gasteiger partial charge in [-0.15, -0.1) is 0 Å². The molecule has 0 atom stereocenters. The standard InChI is InChI=1S/C16H25N3O/c1-18(14-6-4-3-5-7-14)12-16(20)19(2)15-10-8-13(17)9-11-15/h8-11,14H,3-7,12,17H2,1-2H3. The molecule has 4 heteroatoms. The van der Waals surface area contributed by atoms with E-state index in [1.807, 2.05) is 31.3 Å². The summed E-state index contributed by atoms with van der Waals surface area (Å²) in [5.41, 5.74) is 7.28. The maximum absolute atomic E-state index is 12.3. The number of carbonyl (C=O) groups excluding carboxylic acids is 1. The summed E-state index contributed by atoms with van der Waals surface area (Å²) in [6, 6.07) is 7.97. The van der Waals surface area contributed by atoms with Crippen molar-refractivity contribution in [3.63, 3.8) is 0 Å². The fraction of sp³-hybridized carbons (Fsp3) is 0.562. The molecule has 1 amide bonds. The van der Waals surface area contributed by atoms with Gasteiger partial charge in [0.05, 0.1) is 6.54 Å². The molecule has 1 aromatic rings. The normalized spacial score (nSPS) is 16.4. The quantitative estimate of drug-likeness (QED) is 0.859. The molecule has 0 saturated heterocycles. The lowest BCUT2D eigenvalue weighted by atomic mass is 9.94. The zero-order valence-corrected chi connectivity index (χ0v) is 12.5. The molecule has 2 N–H and O–H groups in total. The molecule has 1 aromatic carbocycles. The van der Waals surface area contributed by atoms with Crippen LogP contribution in [0, 0.1) is 0 Å². The van der Waals surface area contributed by atoms with E-state index < -0.39 is 0 Å². The van der Waals surface area contributed by atoms with Gasteiger partial charge in [0.2, 0.25) is 5.91 Å². The second-order valence-corrected chi connectivity index (χ2v) is 5.75. The van der Waals surface area contributed by atoms with E-state index in [2.05, 4.69) is 11.9 Å². The molecule has 0 spiro atoms. The lowest BCUT2D eigenvalue weighted by molar-refractivity contribution is -0.119. The number of rotatable bonds is 4. The summed E-state index contributed by atoms with van der Waals surface area (Å²) >= 11 is 0. The van der Waals surface area contributed by atoms with Crippen LogP contribution in [0.5, 0.6) is 0 Å². The smallest absolute Gasteiger partial charge is 0.240 e. The predicted octanol–water partition coefficient (Wildman–Crippen LogP) is 2.50. The molecule has 1 fully saturated rings. The first-order chi connectivity index (χ1) is 9.58. The first-order valence-electron chi connectivity index (χ1n) is 7.40. The molecular weight excluding hydrogens is 250 g/mol. The van der Waals surface area contributed by atoms with Crippen molar-refractivity contribution in [2.45, 2.75) is 38.1 Å². The van der Waals surface area contributed by atoms with Crippen LogP contribution < -0.4 is 10.6 Å². The third-order valence-electron chi connectivity index (χ3n) is 4.24. The van der Waals surface area contributed by atoms with Gasteiger partial charge in [-0.1, -0.05) is 19.3 Å². The number of amides is 1. The van der Waals surface area contributed by atoms with E-state index in [1.54, 1.807) is 4.90 Å². The molecule has 110 valence electrons. The fourth-order valence-corrected chi connectivity index (χ4v) is 2.81.